The van der Waals surface area contributed by atoms with Crippen LogP contribution in [0.4, 0.5) is 0 Å². The number of pyridine rings is 1. The van der Waals surface area contributed by atoms with Crippen LogP contribution in [-0.4, -0.2) is 19.2 Å². The monoisotopic (exact) mass is 323 g/mol. The molecule has 0 aliphatic heterocycles. The van der Waals surface area contributed by atoms with Gasteiger partial charge >= 0.3 is 0 Å². The molecule has 0 amide bonds. The summed E-state index contributed by atoms with van der Waals surface area (Å²) in [7, 11) is 1.77. The normalized spacial score (nSPS) is 14.5. The van der Waals surface area contributed by atoms with E-state index < -0.39 is 0 Å². The first kappa shape index (κ1) is 15.1. The minimum Gasteiger partial charge on any atom is -0.392 e. The summed E-state index contributed by atoms with van der Waals surface area (Å²) in [6.45, 7) is 2.80. The van der Waals surface area contributed by atoms with Gasteiger partial charge in [0.25, 0.3) is 5.56 Å². The van der Waals surface area contributed by atoms with E-state index in [1.54, 1.807) is 11.6 Å². The van der Waals surface area contributed by atoms with Gasteiger partial charge in [-0.15, -0.1) is 0 Å². The number of benzene rings is 1. The lowest BCUT2D eigenvalue weighted by atomic mass is 10.2. The van der Waals surface area contributed by atoms with Gasteiger partial charge < -0.3 is 14.2 Å². The molecule has 124 valence electrons. The average molecular weight is 323 g/mol. The maximum atomic E-state index is 12.0. The average Bonchev–Trinajstić information content (AvgIpc) is 3.32. The predicted molar refractivity (Wildman–Crippen MR) is 93.8 cm³/mol. The molecule has 3 aromatic rings. The van der Waals surface area contributed by atoms with E-state index in [2.05, 4.69) is 4.57 Å². The fourth-order valence-electron chi connectivity index (χ4n) is 3.23. The SMILES string of the molecule is Cc1cc(-c2nc3ccc(CO)cc3n2CC2CC2)cn(C)c1=O. The van der Waals surface area contributed by atoms with Crippen LogP contribution in [0.15, 0.2) is 35.3 Å². The second-order valence-electron chi connectivity index (χ2n) is 6.80. The van der Waals surface area contributed by atoms with Crippen molar-refractivity contribution in [2.75, 3.05) is 0 Å². The van der Waals surface area contributed by atoms with E-state index in [9.17, 15) is 9.90 Å². The van der Waals surface area contributed by atoms with Crippen molar-refractivity contribution in [1.82, 2.24) is 14.1 Å². The van der Waals surface area contributed by atoms with Crippen molar-refractivity contribution in [3.63, 3.8) is 0 Å². The molecule has 2 heterocycles. The summed E-state index contributed by atoms with van der Waals surface area (Å²) >= 11 is 0. The molecule has 2 aromatic heterocycles. The van der Waals surface area contributed by atoms with Gasteiger partial charge in [-0.25, -0.2) is 4.98 Å². The van der Waals surface area contributed by atoms with Crippen LogP contribution >= 0.6 is 0 Å². The number of aliphatic hydroxyl groups excluding tert-OH is 1. The quantitative estimate of drug-likeness (QED) is 0.803. The fourth-order valence-corrected chi connectivity index (χ4v) is 3.23. The van der Waals surface area contributed by atoms with E-state index in [4.69, 9.17) is 4.98 Å². The molecule has 0 unspecified atom stereocenters. The Kier molecular flexibility index (Phi) is 3.53. The number of aliphatic hydroxyl groups is 1. The Bertz CT molecular complexity index is 954. The zero-order valence-corrected chi connectivity index (χ0v) is 14.0. The van der Waals surface area contributed by atoms with Crippen LogP contribution in [0.5, 0.6) is 0 Å². The highest BCUT2D eigenvalue weighted by Gasteiger charge is 2.25. The third kappa shape index (κ3) is 2.55. The molecule has 0 atom stereocenters. The Labute approximate surface area is 140 Å². The van der Waals surface area contributed by atoms with Crippen LogP contribution in [0.3, 0.4) is 0 Å². The van der Waals surface area contributed by atoms with E-state index in [0.29, 0.717) is 5.92 Å². The van der Waals surface area contributed by atoms with Crippen LogP contribution in [0, 0.1) is 12.8 Å². The number of nitrogens with zero attached hydrogens (tertiary/aromatic N) is 3. The number of hydrogen-bond acceptors (Lipinski definition) is 3. The summed E-state index contributed by atoms with van der Waals surface area (Å²) in [6.07, 6.45) is 4.36. The van der Waals surface area contributed by atoms with E-state index in [1.165, 1.54) is 12.8 Å². The molecule has 24 heavy (non-hydrogen) atoms. The van der Waals surface area contributed by atoms with E-state index >= 15 is 0 Å². The highest BCUT2D eigenvalue weighted by atomic mass is 16.3. The first-order chi connectivity index (χ1) is 11.6. The number of fused-ring (bicyclic) bond motifs is 1. The van der Waals surface area contributed by atoms with Gasteiger partial charge in [0, 0.05) is 30.9 Å². The first-order valence-corrected chi connectivity index (χ1v) is 8.34. The molecule has 1 aliphatic carbocycles. The number of hydrogen-bond donors (Lipinski definition) is 1. The maximum Gasteiger partial charge on any atom is 0.253 e. The molecule has 0 radical (unpaired) electrons. The molecule has 1 saturated carbocycles. The molecule has 4 rings (SSSR count). The predicted octanol–water partition coefficient (Wildman–Crippen LogP) is 2.61. The fraction of sp³-hybridized carbons (Fsp3) is 0.368. The first-order valence-electron chi connectivity index (χ1n) is 8.34. The topological polar surface area (TPSA) is 60.1 Å². The molecule has 1 fully saturated rings. The van der Waals surface area contributed by atoms with Gasteiger partial charge in [0.05, 0.1) is 17.6 Å². The Balaban J connectivity index is 1.95. The van der Waals surface area contributed by atoms with E-state index in [1.807, 2.05) is 37.4 Å². The van der Waals surface area contributed by atoms with Crippen molar-refractivity contribution in [1.29, 1.82) is 0 Å². The van der Waals surface area contributed by atoms with Crippen LogP contribution in [-0.2, 0) is 20.2 Å². The highest BCUT2D eigenvalue weighted by Crippen LogP contribution is 2.34. The molecule has 1 aromatic carbocycles. The zero-order chi connectivity index (χ0) is 16.8. The molecule has 0 saturated heterocycles. The van der Waals surface area contributed by atoms with Crippen LogP contribution in [0.2, 0.25) is 0 Å². The molecule has 0 spiro atoms. The van der Waals surface area contributed by atoms with E-state index in [0.717, 1.165) is 40.1 Å². The Morgan fingerprint density at radius 2 is 2.08 bits per heavy atom. The minimum atomic E-state index is 0.0196. The molecule has 5 heteroatoms. The lowest BCUT2D eigenvalue weighted by Gasteiger charge is -2.10. The van der Waals surface area contributed by atoms with E-state index in [-0.39, 0.29) is 12.2 Å². The minimum absolute atomic E-state index is 0.0196. The maximum absolute atomic E-state index is 12.0. The van der Waals surface area contributed by atoms with Gasteiger partial charge in [-0.2, -0.15) is 0 Å². The summed E-state index contributed by atoms with van der Waals surface area (Å²) in [5, 5.41) is 9.44. The second kappa shape index (κ2) is 5.60. The van der Waals surface area contributed by atoms with Crippen LogP contribution < -0.4 is 5.56 Å². The van der Waals surface area contributed by atoms with Gasteiger partial charge in [-0.05, 0) is 49.4 Å². The molecule has 1 aliphatic rings. The van der Waals surface area contributed by atoms with Gasteiger partial charge in [0.1, 0.15) is 5.82 Å². The summed E-state index contributed by atoms with van der Waals surface area (Å²) < 4.78 is 3.86. The highest BCUT2D eigenvalue weighted by molar-refractivity contribution is 5.81. The van der Waals surface area contributed by atoms with Crippen molar-refractivity contribution in [3.05, 3.63) is 51.9 Å². The van der Waals surface area contributed by atoms with Crippen molar-refractivity contribution >= 4 is 11.0 Å². The molecule has 1 N–H and O–H groups in total. The summed E-state index contributed by atoms with van der Waals surface area (Å²) in [4.78, 5) is 16.8. The van der Waals surface area contributed by atoms with Crippen LogP contribution in [0.25, 0.3) is 22.4 Å². The molecular formula is C19H21N3O2. The Morgan fingerprint density at radius 3 is 2.75 bits per heavy atom. The Hall–Kier alpha value is -2.40. The van der Waals surface area contributed by atoms with Gasteiger partial charge in [0.2, 0.25) is 0 Å². The smallest absolute Gasteiger partial charge is 0.253 e. The van der Waals surface area contributed by atoms with Gasteiger partial charge in [-0.3, -0.25) is 4.79 Å². The summed E-state index contributed by atoms with van der Waals surface area (Å²) in [5.41, 5.74) is 4.56. The van der Waals surface area contributed by atoms with Gasteiger partial charge in [-0.1, -0.05) is 6.07 Å². The molecule has 0 bridgehead atoms. The second-order valence-corrected chi connectivity index (χ2v) is 6.80. The van der Waals surface area contributed by atoms with Crippen molar-refractivity contribution in [3.8, 4) is 11.4 Å². The van der Waals surface area contributed by atoms with Crippen LogP contribution in [0.1, 0.15) is 24.0 Å². The number of aryl methyl sites for hydroxylation is 2. The number of rotatable bonds is 4. The largest absolute Gasteiger partial charge is 0.392 e. The Morgan fingerprint density at radius 1 is 1.29 bits per heavy atom. The summed E-state index contributed by atoms with van der Waals surface area (Å²) in [6, 6.07) is 7.80. The van der Waals surface area contributed by atoms with Crippen molar-refractivity contribution in [2.24, 2.45) is 13.0 Å². The molecular weight excluding hydrogens is 302 g/mol. The zero-order valence-electron chi connectivity index (χ0n) is 14.0. The van der Waals surface area contributed by atoms with Crippen molar-refractivity contribution in [2.45, 2.75) is 32.9 Å². The standard InChI is InChI=1S/C19H21N3O2/c1-12-7-15(10-21(2)19(12)24)18-20-16-6-5-14(11-23)8-17(16)22(18)9-13-3-4-13/h5-8,10,13,23H,3-4,9,11H2,1-2H3. The van der Waals surface area contributed by atoms with Gasteiger partial charge in [0.15, 0.2) is 0 Å². The third-order valence-electron chi connectivity index (χ3n) is 4.75. The number of imidazole rings is 1. The lowest BCUT2D eigenvalue weighted by Crippen LogP contribution is -2.18. The molecule has 5 nitrogen and oxygen atoms in total. The van der Waals surface area contributed by atoms with Crippen molar-refractivity contribution < 1.29 is 5.11 Å². The lowest BCUT2D eigenvalue weighted by molar-refractivity contribution is 0.282. The third-order valence-corrected chi connectivity index (χ3v) is 4.75. The summed E-state index contributed by atoms with van der Waals surface area (Å²) in [5.74, 6) is 1.60. The number of aromatic nitrogens is 3.